The van der Waals surface area contributed by atoms with Crippen LogP contribution in [-0.4, -0.2) is 10.1 Å². The smallest absolute Gasteiger partial charge is 0.172 e. The standard InChI is InChI=1S/C7H7N3S/c11-7-9-4-5-2-1-3-8-6(5)10-7/h1-3H,4H2,(H2,8,9,10,11). The number of aromatic nitrogens is 1. The lowest BCUT2D eigenvalue weighted by Crippen LogP contribution is -2.33. The average molecular weight is 165 g/mol. The van der Waals surface area contributed by atoms with Crippen LogP contribution >= 0.6 is 12.2 Å². The molecule has 0 saturated heterocycles. The molecule has 0 aromatic carbocycles. The maximum Gasteiger partial charge on any atom is 0.172 e. The Morgan fingerprint density at radius 3 is 3.36 bits per heavy atom. The van der Waals surface area contributed by atoms with Crippen LogP contribution in [0.1, 0.15) is 5.56 Å². The van der Waals surface area contributed by atoms with Gasteiger partial charge >= 0.3 is 0 Å². The molecule has 1 aromatic heterocycles. The first-order valence-electron chi connectivity index (χ1n) is 3.35. The van der Waals surface area contributed by atoms with Crippen molar-refractivity contribution in [1.82, 2.24) is 10.3 Å². The quantitative estimate of drug-likeness (QED) is 0.560. The van der Waals surface area contributed by atoms with Gasteiger partial charge in [-0.05, 0) is 18.3 Å². The maximum atomic E-state index is 4.92. The van der Waals surface area contributed by atoms with Crippen molar-refractivity contribution in [3.63, 3.8) is 0 Å². The Kier molecular flexibility index (Phi) is 1.47. The van der Waals surface area contributed by atoms with Crippen LogP contribution in [-0.2, 0) is 6.54 Å². The molecule has 0 radical (unpaired) electrons. The molecule has 1 aromatic rings. The van der Waals surface area contributed by atoms with E-state index in [1.165, 1.54) is 0 Å². The molecule has 11 heavy (non-hydrogen) atoms. The normalized spacial score (nSPS) is 14.7. The average Bonchev–Trinajstić information content (AvgIpc) is 2.04. The van der Waals surface area contributed by atoms with Crippen molar-refractivity contribution in [2.75, 3.05) is 5.32 Å². The van der Waals surface area contributed by atoms with Gasteiger partial charge in [0, 0.05) is 18.3 Å². The number of pyridine rings is 1. The van der Waals surface area contributed by atoms with E-state index in [1.54, 1.807) is 6.20 Å². The number of fused-ring (bicyclic) bond motifs is 1. The molecule has 0 aliphatic carbocycles. The summed E-state index contributed by atoms with van der Waals surface area (Å²) in [6.45, 7) is 0.773. The highest BCUT2D eigenvalue weighted by atomic mass is 32.1. The van der Waals surface area contributed by atoms with Gasteiger partial charge in [0.05, 0.1) is 0 Å². The third kappa shape index (κ3) is 1.17. The largest absolute Gasteiger partial charge is 0.358 e. The maximum absolute atomic E-state index is 4.92. The summed E-state index contributed by atoms with van der Waals surface area (Å²) in [5, 5.41) is 6.64. The fourth-order valence-corrected chi connectivity index (χ4v) is 1.19. The summed E-state index contributed by atoms with van der Waals surface area (Å²) in [7, 11) is 0. The molecule has 2 rings (SSSR count). The van der Waals surface area contributed by atoms with E-state index in [0.29, 0.717) is 5.11 Å². The molecule has 0 saturated carbocycles. The van der Waals surface area contributed by atoms with Crippen LogP contribution in [0.25, 0.3) is 0 Å². The second kappa shape index (κ2) is 2.47. The van der Waals surface area contributed by atoms with Crippen molar-refractivity contribution in [2.24, 2.45) is 0 Å². The molecule has 0 atom stereocenters. The van der Waals surface area contributed by atoms with Crippen LogP contribution in [0.15, 0.2) is 18.3 Å². The lowest BCUT2D eigenvalue weighted by Gasteiger charge is -2.18. The molecular weight excluding hydrogens is 158 g/mol. The van der Waals surface area contributed by atoms with Crippen molar-refractivity contribution < 1.29 is 0 Å². The minimum absolute atomic E-state index is 0.649. The van der Waals surface area contributed by atoms with Gasteiger partial charge in [0.15, 0.2) is 5.11 Å². The van der Waals surface area contributed by atoms with Crippen molar-refractivity contribution in [1.29, 1.82) is 0 Å². The molecule has 0 unspecified atom stereocenters. The summed E-state index contributed by atoms with van der Waals surface area (Å²) in [6, 6.07) is 3.93. The minimum Gasteiger partial charge on any atom is -0.358 e. The SMILES string of the molecule is S=C1NCc2cccnc2N1. The van der Waals surface area contributed by atoms with Gasteiger partial charge in [-0.3, -0.25) is 0 Å². The van der Waals surface area contributed by atoms with Crippen LogP contribution < -0.4 is 10.6 Å². The molecule has 1 aliphatic rings. The lowest BCUT2D eigenvalue weighted by atomic mass is 10.2. The van der Waals surface area contributed by atoms with Gasteiger partial charge in [-0.1, -0.05) is 6.07 Å². The number of nitrogens with one attached hydrogen (secondary N) is 2. The van der Waals surface area contributed by atoms with E-state index in [1.807, 2.05) is 12.1 Å². The van der Waals surface area contributed by atoms with Crippen LogP contribution in [0, 0.1) is 0 Å². The van der Waals surface area contributed by atoms with Gasteiger partial charge in [-0.25, -0.2) is 4.98 Å². The molecular formula is C7H7N3S. The molecule has 0 spiro atoms. The van der Waals surface area contributed by atoms with Crippen molar-refractivity contribution in [2.45, 2.75) is 6.54 Å². The highest BCUT2D eigenvalue weighted by molar-refractivity contribution is 7.80. The van der Waals surface area contributed by atoms with E-state index in [0.717, 1.165) is 17.9 Å². The van der Waals surface area contributed by atoms with Gasteiger partial charge in [0.1, 0.15) is 5.82 Å². The predicted octanol–water partition coefficient (Wildman–Crippen LogP) is 0.882. The Bertz CT molecular complexity index is 297. The van der Waals surface area contributed by atoms with Crippen molar-refractivity contribution >= 4 is 23.1 Å². The molecule has 2 N–H and O–H groups in total. The second-order valence-electron chi connectivity index (χ2n) is 2.32. The van der Waals surface area contributed by atoms with E-state index >= 15 is 0 Å². The van der Waals surface area contributed by atoms with Crippen LogP contribution in [0.2, 0.25) is 0 Å². The van der Waals surface area contributed by atoms with Gasteiger partial charge in [-0.2, -0.15) is 0 Å². The zero-order valence-corrected chi connectivity index (χ0v) is 6.61. The monoisotopic (exact) mass is 165 g/mol. The number of hydrogen-bond acceptors (Lipinski definition) is 2. The number of anilines is 1. The van der Waals surface area contributed by atoms with Crippen molar-refractivity contribution in [3.8, 4) is 0 Å². The number of rotatable bonds is 0. The highest BCUT2D eigenvalue weighted by Gasteiger charge is 2.09. The zero-order chi connectivity index (χ0) is 7.68. The first-order chi connectivity index (χ1) is 5.36. The molecule has 1 aliphatic heterocycles. The van der Waals surface area contributed by atoms with Gasteiger partial charge < -0.3 is 10.6 Å². The topological polar surface area (TPSA) is 37.0 Å². The fourth-order valence-electron chi connectivity index (χ4n) is 1.02. The predicted molar refractivity (Wildman–Crippen MR) is 47.3 cm³/mol. The lowest BCUT2D eigenvalue weighted by molar-refractivity contribution is 0.896. The van der Waals surface area contributed by atoms with Gasteiger partial charge in [0.25, 0.3) is 0 Å². The third-order valence-electron chi connectivity index (χ3n) is 1.56. The highest BCUT2D eigenvalue weighted by Crippen LogP contribution is 2.13. The second-order valence-corrected chi connectivity index (χ2v) is 2.73. The molecule has 3 nitrogen and oxygen atoms in total. The molecule has 0 fully saturated rings. The first-order valence-corrected chi connectivity index (χ1v) is 3.76. The molecule has 56 valence electrons. The summed E-state index contributed by atoms with van der Waals surface area (Å²) in [4.78, 5) is 4.13. The summed E-state index contributed by atoms with van der Waals surface area (Å²) >= 11 is 4.92. The van der Waals surface area contributed by atoms with Gasteiger partial charge in [0.2, 0.25) is 0 Å². The third-order valence-corrected chi connectivity index (χ3v) is 1.81. The van der Waals surface area contributed by atoms with Crippen molar-refractivity contribution in [3.05, 3.63) is 23.9 Å². The Labute approximate surface area is 69.8 Å². The van der Waals surface area contributed by atoms with Gasteiger partial charge in [-0.15, -0.1) is 0 Å². The Morgan fingerprint density at radius 2 is 2.45 bits per heavy atom. The molecule has 2 heterocycles. The Morgan fingerprint density at radius 1 is 1.55 bits per heavy atom. The minimum atomic E-state index is 0.649. The summed E-state index contributed by atoms with van der Waals surface area (Å²) in [5.41, 5.74) is 1.15. The summed E-state index contributed by atoms with van der Waals surface area (Å²) in [5.74, 6) is 0.872. The van der Waals surface area contributed by atoms with Crippen LogP contribution in [0.4, 0.5) is 5.82 Å². The van der Waals surface area contributed by atoms with E-state index < -0.39 is 0 Å². The number of hydrogen-bond donors (Lipinski definition) is 2. The van der Waals surface area contributed by atoms with E-state index in [4.69, 9.17) is 12.2 Å². The van der Waals surface area contributed by atoms with E-state index in [2.05, 4.69) is 15.6 Å². The van der Waals surface area contributed by atoms with E-state index in [-0.39, 0.29) is 0 Å². The molecule has 4 heteroatoms. The number of nitrogens with zero attached hydrogens (tertiary/aromatic N) is 1. The zero-order valence-electron chi connectivity index (χ0n) is 5.79. The summed E-state index contributed by atoms with van der Waals surface area (Å²) < 4.78 is 0. The molecule has 0 bridgehead atoms. The molecule has 0 amide bonds. The van der Waals surface area contributed by atoms with E-state index in [9.17, 15) is 0 Å². The fraction of sp³-hybridized carbons (Fsp3) is 0.143. The first kappa shape index (κ1) is 6.54. The Hall–Kier alpha value is -1.16. The van der Waals surface area contributed by atoms with Crippen LogP contribution in [0.3, 0.4) is 0 Å². The summed E-state index contributed by atoms with van der Waals surface area (Å²) in [6.07, 6.45) is 1.75. The number of thiocarbonyl (C=S) groups is 1. The van der Waals surface area contributed by atoms with Crippen LogP contribution in [0.5, 0.6) is 0 Å². The Balaban J connectivity index is 2.41.